The number of pyridine rings is 1. The van der Waals surface area contributed by atoms with Gasteiger partial charge in [-0.25, -0.2) is 23.2 Å². The van der Waals surface area contributed by atoms with Crippen LogP contribution in [0.15, 0.2) is 90.0 Å². The van der Waals surface area contributed by atoms with Gasteiger partial charge in [-0.05, 0) is 80.9 Å². The summed E-state index contributed by atoms with van der Waals surface area (Å²) in [4.78, 5) is 26.0. The van der Waals surface area contributed by atoms with Gasteiger partial charge in [-0.1, -0.05) is 24.3 Å². The van der Waals surface area contributed by atoms with Gasteiger partial charge in [0.2, 0.25) is 0 Å². The maximum Gasteiger partial charge on any atom is 0.410 e. The first-order chi connectivity index (χ1) is 25.0. The second-order valence-electron chi connectivity index (χ2n) is 13.8. The van der Waals surface area contributed by atoms with E-state index >= 15 is 0 Å². The molecule has 52 heavy (non-hydrogen) atoms. The largest absolute Gasteiger partial charge is 0.489 e. The Kier molecular flexibility index (Phi) is 9.61. The summed E-state index contributed by atoms with van der Waals surface area (Å²) in [6, 6.07) is 25.2. The first-order valence-corrected chi connectivity index (χ1v) is 18.8. The van der Waals surface area contributed by atoms with Gasteiger partial charge in [0, 0.05) is 62.0 Å². The van der Waals surface area contributed by atoms with E-state index in [9.17, 15) is 18.5 Å². The molecule has 4 heterocycles. The molecular formula is C39H40N6O6S. The molecule has 0 aliphatic carbocycles. The van der Waals surface area contributed by atoms with E-state index in [1.807, 2.05) is 51.1 Å². The number of carbonyl (C=O) groups is 1. The molecule has 0 saturated carbocycles. The third-order valence-electron chi connectivity index (χ3n) is 9.09. The average Bonchev–Trinajstić information content (AvgIpc) is 3.56. The Morgan fingerprint density at radius 3 is 2.29 bits per heavy atom. The van der Waals surface area contributed by atoms with Crippen molar-refractivity contribution >= 4 is 33.0 Å². The lowest BCUT2D eigenvalue weighted by Gasteiger charge is -2.33. The lowest BCUT2D eigenvalue weighted by Crippen LogP contribution is -2.44. The van der Waals surface area contributed by atoms with Gasteiger partial charge in [-0.3, -0.25) is 0 Å². The minimum Gasteiger partial charge on any atom is -0.489 e. The number of ether oxygens (including phenoxy) is 3. The van der Waals surface area contributed by atoms with Crippen LogP contribution in [0, 0.1) is 11.3 Å². The van der Waals surface area contributed by atoms with Crippen LogP contribution in [-0.2, 0) is 19.5 Å². The normalized spacial score (nSPS) is 15.7. The van der Waals surface area contributed by atoms with Gasteiger partial charge in [0.25, 0.3) is 10.0 Å². The number of rotatable bonds is 7. The predicted molar refractivity (Wildman–Crippen MR) is 197 cm³/mol. The van der Waals surface area contributed by atoms with Gasteiger partial charge < -0.3 is 24.0 Å². The number of aromatic nitrogens is 3. The molecule has 12 nitrogen and oxygen atoms in total. The molecule has 0 radical (unpaired) electrons. The molecule has 2 saturated heterocycles. The zero-order chi connectivity index (χ0) is 36.5. The van der Waals surface area contributed by atoms with Crippen molar-refractivity contribution in [1.82, 2.24) is 18.8 Å². The minimum atomic E-state index is -4.13. The van der Waals surface area contributed by atoms with Crippen LogP contribution < -0.4 is 9.64 Å². The highest BCUT2D eigenvalue weighted by Crippen LogP contribution is 2.36. The number of benzene rings is 3. The number of hydrogen-bond acceptors (Lipinski definition) is 10. The van der Waals surface area contributed by atoms with E-state index in [1.165, 1.54) is 3.97 Å². The van der Waals surface area contributed by atoms with Gasteiger partial charge in [0.15, 0.2) is 11.5 Å². The third kappa shape index (κ3) is 7.17. The van der Waals surface area contributed by atoms with Crippen molar-refractivity contribution in [3.63, 3.8) is 0 Å². The van der Waals surface area contributed by atoms with E-state index < -0.39 is 15.6 Å². The van der Waals surface area contributed by atoms with Gasteiger partial charge in [0.05, 0.1) is 23.7 Å². The van der Waals surface area contributed by atoms with Crippen LogP contribution in [0.2, 0.25) is 0 Å². The second kappa shape index (κ2) is 14.3. The maximum atomic E-state index is 14.3. The molecule has 7 rings (SSSR count). The topological polar surface area (TPSA) is 140 Å². The first kappa shape index (κ1) is 35.0. The number of anilines is 1. The molecule has 0 spiro atoms. The molecule has 5 aromatic rings. The highest BCUT2D eigenvalue weighted by molar-refractivity contribution is 7.90. The summed E-state index contributed by atoms with van der Waals surface area (Å²) in [6.45, 7) is 9.34. The van der Waals surface area contributed by atoms with Crippen LogP contribution >= 0.6 is 0 Å². The number of fused-ring (bicyclic) bond motifs is 1. The molecule has 1 amide bonds. The maximum absolute atomic E-state index is 14.3. The summed E-state index contributed by atoms with van der Waals surface area (Å²) in [7, 11) is -4.13. The van der Waals surface area contributed by atoms with Gasteiger partial charge in [-0.15, -0.1) is 0 Å². The number of nitriles is 1. The standard InChI is InChI=1S/C39H40N6O6S/c1-39(2,3)51-38(46)44-19-16-31(17-20-44)50-34-14-11-28(25-29(34)26-40)33-15-18-41-37-35(33)42-36(45(37)52(47,48)32-7-5-4-6-8-32)27-9-12-30(13-10-27)43-21-23-49-24-22-43/h4-15,18,25,31H,16-17,19-24H2,1-3H3. The Balaban J connectivity index is 1.22. The molecule has 0 unspecified atom stereocenters. The quantitative estimate of drug-likeness (QED) is 0.183. The van der Waals surface area contributed by atoms with Crippen molar-refractivity contribution < 1.29 is 27.4 Å². The van der Waals surface area contributed by atoms with Crippen LogP contribution in [0.3, 0.4) is 0 Å². The lowest BCUT2D eigenvalue weighted by atomic mass is 10.0. The van der Waals surface area contributed by atoms with Crippen molar-refractivity contribution in [3.05, 3.63) is 90.6 Å². The third-order valence-corrected chi connectivity index (χ3v) is 10.8. The van der Waals surface area contributed by atoms with E-state index in [-0.39, 0.29) is 28.6 Å². The van der Waals surface area contributed by atoms with Gasteiger partial charge >= 0.3 is 6.09 Å². The Morgan fingerprint density at radius 1 is 0.923 bits per heavy atom. The molecule has 268 valence electrons. The van der Waals surface area contributed by atoms with E-state index in [0.717, 1.165) is 18.8 Å². The van der Waals surface area contributed by atoms with Crippen LogP contribution in [-0.4, -0.2) is 84.4 Å². The number of morpholine rings is 1. The summed E-state index contributed by atoms with van der Waals surface area (Å²) in [5.74, 6) is 0.663. The fourth-order valence-corrected chi connectivity index (χ4v) is 7.93. The molecule has 3 aromatic carbocycles. The molecule has 2 aromatic heterocycles. The van der Waals surface area contributed by atoms with Crippen molar-refractivity contribution in [2.45, 2.75) is 50.2 Å². The van der Waals surface area contributed by atoms with E-state index in [4.69, 9.17) is 19.2 Å². The number of imidazole rings is 1. The van der Waals surface area contributed by atoms with E-state index in [2.05, 4.69) is 16.0 Å². The summed E-state index contributed by atoms with van der Waals surface area (Å²) in [5, 5.41) is 10.2. The molecule has 0 atom stereocenters. The molecule has 2 aliphatic rings. The molecule has 0 N–H and O–H groups in total. The van der Waals surface area contributed by atoms with Gasteiger partial charge in [0.1, 0.15) is 29.0 Å². The Bertz CT molecular complexity index is 2230. The van der Waals surface area contributed by atoms with Crippen molar-refractivity contribution in [2.75, 3.05) is 44.3 Å². The Labute approximate surface area is 303 Å². The fraction of sp³-hybridized carbons (Fsp3) is 0.333. The molecule has 2 aliphatic heterocycles. The van der Waals surface area contributed by atoms with Crippen LogP contribution in [0.4, 0.5) is 10.5 Å². The number of nitrogens with zero attached hydrogens (tertiary/aromatic N) is 6. The van der Waals surface area contributed by atoms with Crippen LogP contribution in [0.25, 0.3) is 33.7 Å². The van der Waals surface area contributed by atoms with E-state index in [0.29, 0.717) is 72.7 Å². The first-order valence-electron chi connectivity index (χ1n) is 17.3. The fourth-order valence-electron chi connectivity index (χ4n) is 6.49. The highest BCUT2D eigenvalue weighted by atomic mass is 32.2. The molecule has 0 bridgehead atoms. The SMILES string of the molecule is CC(C)(C)OC(=O)N1CCC(Oc2ccc(-c3ccnc4c3nc(-c3ccc(N5CCOCC5)cc3)n4S(=O)(=O)c3ccccc3)cc2C#N)CC1. The van der Waals surface area contributed by atoms with Crippen LogP contribution in [0.1, 0.15) is 39.2 Å². The average molecular weight is 721 g/mol. The molecule has 2 fully saturated rings. The summed E-state index contributed by atoms with van der Waals surface area (Å²) < 4.78 is 47.1. The summed E-state index contributed by atoms with van der Waals surface area (Å²) in [5.41, 5.74) is 3.20. The second-order valence-corrected chi connectivity index (χ2v) is 15.6. The number of hydrogen-bond donors (Lipinski definition) is 0. The molecule has 13 heteroatoms. The number of piperidine rings is 1. The van der Waals surface area contributed by atoms with Gasteiger partial charge in [-0.2, -0.15) is 9.23 Å². The van der Waals surface area contributed by atoms with E-state index in [1.54, 1.807) is 59.6 Å². The summed E-state index contributed by atoms with van der Waals surface area (Å²) in [6.07, 6.45) is 2.22. The number of amides is 1. The zero-order valence-electron chi connectivity index (χ0n) is 29.4. The van der Waals surface area contributed by atoms with Crippen molar-refractivity contribution in [1.29, 1.82) is 5.26 Å². The number of carbonyl (C=O) groups excluding carboxylic acids is 1. The number of likely N-dealkylation sites (tertiary alicyclic amines) is 1. The van der Waals surface area contributed by atoms with Crippen molar-refractivity contribution in [2.24, 2.45) is 0 Å². The highest BCUT2D eigenvalue weighted by Gasteiger charge is 2.30. The minimum absolute atomic E-state index is 0.109. The lowest BCUT2D eigenvalue weighted by molar-refractivity contribution is 0.0126. The monoisotopic (exact) mass is 720 g/mol. The Morgan fingerprint density at radius 2 is 1.62 bits per heavy atom. The summed E-state index contributed by atoms with van der Waals surface area (Å²) >= 11 is 0. The smallest absolute Gasteiger partial charge is 0.410 e. The molecular weight excluding hydrogens is 681 g/mol. The van der Waals surface area contributed by atoms with Crippen LogP contribution in [0.5, 0.6) is 5.75 Å². The van der Waals surface area contributed by atoms with Crippen molar-refractivity contribution in [3.8, 4) is 34.3 Å². The Hall–Kier alpha value is -5.45. The zero-order valence-corrected chi connectivity index (χ0v) is 30.2. The predicted octanol–water partition coefficient (Wildman–Crippen LogP) is 6.49.